The highest BCUT2D eigenvalue weighted by Crippen LogP contribution is 2.20. The molecular formula is C40H41N5O5. The van der Waals surface area contributed by atoms with Crippen molar-refractivity contribution in [2.24, 2.45) is 0 Å². The minimum Gasteiger partial charge on any atom is -0.443 e. The molecule has 0 saturated heterocycles. The quantitative estimate of drug-likeness (QED) is 0.0927. The molecule has 4 aromatic carbocycles. The summed E-state index contributed by atoms with van der Waals surface area (Å²) in [6.07, 6.45) is 0.708. The van der Waals surface area contributed by atoms with Gasteiger partial charge in [-0.25, -0.2) is 4.79 Å². The van der Waals surface area contributed by atoms with Crippen molar-refractivity contribution in [2.45, 2.75) is 51.0 Å². The fraction of sp³-hybridized carbons (Fsp3) is 0.200. The molecule has 5 rings (SSSR count). The van der Waals surface area contributed by atoms with Crippen LogP contribution in [0.4, 0.5) is 16.2 Å². The number of ether oxygens (including phenoxy) is 1. The van der Waals surface area contributed by atoms with E-state index in [1.54, 1.807) is 73.8 Å². The molecule has 0 saturated carbocycles. The number of anilines is 2. The third-order valence-corrected chi connectivity index (χ3v) is 8.37. The third-order valence-electron chi connectivity index (χ3n) is 8.37. The fourth-order valence-corrected chi connectivity index (χ4v) is 5.67. The molecule has 3 atom stereocenters. The fourth-order valence-electron chi connectivity index (χ4n) is 5.67. The van der Waals surface area contributed by atoms with Gasteiger partial charge >= 0.3 is 6.09 Å². The van der Waals surface area contributed by atoms with Gasteiger partial charge in [0.15, 0.2) is 0 Å². The Kier molecular flexibility index (Phi) is 12.3. The van der Waals surface area contributed by atoms with Crippen molar-refractivity contribution in [1.29, 1.82) is 0 Å². The molecular weight excluding hydrogens is 630 g/mol. The van der Waals surface area contributed by atoms with Gasteiger partial charge in [0.25, 0.3) is 11.8 Å². The summed E-state index contributed by atoms with van der Waals surface area (Å²) in [5.74, 6) is -0.800. The van der Waals surface area contributed by atoms with E-state index in [0.717, 1.165) is 11.1 Å². The normalized spacial score (nSPS) is 12.6. The van der Waals surface area contributed by atoms with E-state index in [-0.39, 0.29) is 30.2 Å². The first-order valence-electron chi connectivity index (χ1n) is 16.4. The summed E-state index contributed by atoms with van der Waals surface area (Å²) >= 11 is 0. The van der Waals surface area contributed by atoms with Gasteiger partial charge in [-0.15, -0.1) is 0 Å². The lowest BCUT2D eigenvalue weighted by Crippen LogP contribution is -2.48. The van der Waals surface area contributed by atoms with Crippen LogP contribution >= 0.6 is 0 Å². The number of benzene rings is 4. The van der Waals surface area contributed by atoms with Crippen LogP contribution in [0.25, 0.3) is 0 Å². The molecule has 50 heavy (non-hydrogen) atoms. The standard InChI is InChI=1S/C40H41N5O5/c1-27-32(19-12-20-34(27)41)38(47)44-36(24-29-15-6-3-7-16-29)37(46)25-31(23-28-13-4-2-5-14-28)43-39(48)33-18-8-9-21-35(33)45-40(49)50-26-30-17-10-11-22-42-30/h2-22,31,36-37,46H,23-26,41H2,1H3,(H,43,48)(H,44,47)(H,45,49)/t31-,36-,37-/m0/s1. The van der Waals surface area contributed by atoms with Crippen LogP contribution in [0.1, 0.15) is 49.5 Å². The summed E-state index contributed by atoms with van der Waals surface area (Å²) in [5.41, 5.74) is 10.6. The smallest absolute Gasteiger partial charge is 0.412 e. The van der Waals surface area contributed by atoms with E-state index in [1.165, 1.54) is 0 Å². The number of amides is 3. The van der Waals surface area contributed by atoms with Crippen LogP contribution in [0.2, 0.25) is 0 Å². The molecule has 6 N–H and O–H groups in total. The molecule has 0 aliphatic rings. The van der Waals surface area contributed by atoms with Crippen molar-refractivity contribution >= 4 is 29.3 Å². The van der Waals surface area contributed by atoms with Gasteiger partial charge in [0, 0.05) is 23.5 Å². The molecule has 10 heteroatoms. The molecule has 0 spiro atoms. The van der Waals surface area contributed by atoms with Crippen molar-refractivity contribution in [3.63, 3.8) is 0 Å². The lowest BCUT2D eigenvalue weighted by atomic mass is 9.93. The van der Waals surface area contributed by atoms with E-state index < -0.39 is 30.2 Å². The number of rotatable bonds is 14. The van der Waals surface area contributed by atoms with Gasteiger partial charge in [-0.2, -0.15) is 0 Å². The van der Waals surface area contributed by atoms with Crippen molar-refractivity contribution in [3.8, 4) is 0 Å². The van der Waals surface area contributed by atoms with Crippen molar-refractivity contribution in [3.05, 3.63) is 161 Å². The van der Waals surface area contributed by atoms with Crippen LogP contribution in [-0.2, 0) is 24.2 Å². The number of aromatic nitrogens is 1. The number of aliphatic hydroxyl groups excluding tert-OH is 1. The van der Waals surface area contributed by atoms with Gasteiger partial charge in [0.05, 0.1) is 29.1 Å². The Morgan fingerprint density at radius 2 is 1.36 bits per heavy atom. The second kappa shape index (κ2) is 17.4. The number of para-hydroxylation sites is 1. The van der Waals surface area contributed by atoms with Gasteiger partial charge in [0.2, 0.25) is 0 Å². The number of hydrogen-bond acceptors (Lipinski definition) is 7. The molecule has 0 radical (unpaired) electrons. The summed E-state index contributed by atoms with van der Waals surface area (Å²) in [7, 11) is 0. The number of pyridine rings is 1. The molecule has 1 aromatic heterocycles. The van der Waals surface area contributed by atoms with E-state index >= 15 is 0 Å². The van der Waals surface area contributed by atoms with Crippen molar-refractivity contribution < 1.29 is 24.2 Å². The number of carbonyl (C=O) groups excluding carboxylic acids is 3. The molecule has 256 valence electrons. The van der Waals surface area contributed by atoms with E-state index in [1.807, 2.05) is 60.7 Å². The Morgan fingerprint density at radius 3 is 2.06 bits per heavy atom. The average molecular weight is 672 g/mol. The zero-order chi connectivity index (χ0) is 35.3. The van der Waals surface area contributed by atoms with Gasteiger partial charge in [-0.05, 0) is 79.3 Å². The molecule has 0 aliphatic heterocycles. The highest BCUT2D eigenvalue weighted by atomic mass is 16.5. The second-order valence-electron chi connectivity index (χ2n) is 12.0. The van der Waals surface area contributed by atoms with Crippen molar-refractivity contribution in [1.82, 2.24) is 15.6 Å². The predicted molar refractivity (Wildman–Crippen MR) is 194 cm³/mol. The molecule has 0 unspecified atom stereocenters. The second-order valence-corrected chi connectivity index (χ2v) is 12.0. The van der Waals surface area contributed by atoms with E-state index in [0.29, 0.717) is 35.3 Å². The van der Waals surface area contributed by atoms with Gasteiger partial charge in [-0.1, -0.05) is 84.9 Å². The molecule has 0 bridgehead atoms. The Labute approximate surface area is 291 Å². The highest BCUT2D eigenvalue weighted by Gasteiger charge is 2.28. The SMILES string of the molecule is Cc1c(N)cccc1C(=O)N[C@@H](Cc1ccccc1)[C@@H](O)C[C@H](Cc1ccccc1)NC(=O)c1ccccc1NC(=O)OCc1ccccn1. The highest BCUT2D eigenvalue weighted by molar-refractivity contribution is 6.02. The number of nitrogen functional groups attached to an aromatic ring is 1. The van der Waals surface area contributed by atoms with Gasteiger partial charge in [-0.3, -0.25) is 19.9 Å². The number of nitrogens with one attached hydrogen (secondary N) is 3. The molecule has 0 fully saturated rings. The largest absolute Gasteiger partial charge is 0.443 e. The molecule has 1 heterocycles. The topological polar surface area (TPSA) is 156 Å². The number of hydrogen-bond donors (Lipinski definition) is 5. The van der Waals surface area contributed by atoms with Crippen LogP contribution in [0.15, 0.2) is 128 Å². The summed E-state index contributed by atoms with van der Waals surface area (Å²) in [5, 5.41) is 20.5. The Balaban J connectivity index is 1.34. The van der Waals surface area contributed by atoms with E-state index in [2.05, 4.69) is 20.9 Å². The average Bonchev–Trinajstić information content (AvgIpc) is 3.13. The summed E-state index contributed by atoms with van der Waals surface area (Å²) in [4.78, 5) is 44.2. The summed E-state index contributed by atoms with van der Waals surface area (Å²) in [6, 6.07) is 35.0. The van der Waals surface area contributed by atoms with Crippen LogP contribution < -0.4 is 21.7 Å². The van der Waals surface area contributed by atoms with Crippen LogP contribution in [0.3, 0.4) is 0 Å². The van der Waals surface area contributed by atoms with E-state index in [4.69, 9.17) is 10.5 Å². The predicted octanol–water partition coefficient (Wildman–Crippen LogP) is 5.85. The van der Waals surface area contributed by atoms with Gasteiger partial charge in [0.1, 0.15) is 6.61 Å². The van der Waals surface area contributed by atoms with Crippen LogP contribution in [-0.4, -0.2) is 46.2 Å². The first-order valence-corrected chi connectivity index (χ1v) is 16.4. The zero-order valence-corrected chi connectivity index (χ0v) is 27.8. The maximum Gasteiger partial charge on any atom is 0.412 e. The monoisotopic (exact) mass is 671 g/mol. The summed E-state index contributed by atoms with van der Waals surface area (Å²) in [6.45, 7) is 1.75. The lowest BCUT2D eigenvalue weighted by Gasteiger charge is -2.29. The number of aliphatic hydroxyl groups is 1. The Bertz CT molecular complexity index is 1870. The zero-order valence-electron chi connectivity index (χ0n) is 27.8. The summed E-state index contributed by atoms with van der Waals surface area (Å²) < 4.78 is 5.31. The van der Waals surface area contributed by atoms with E-state index in [9.17, 15) is 19.5 Å². The molecule has 0 aliphatic carbocycles. The molecule has 3 amide bonds. The lowest BCUT2D eigenvalue weighted by molar-refractivity contribution is 0.0755. The minimum absolute atomic E-state index is 0.0318. The maximum atomic E-state index is 13.8. The molecule has 10 nitrogen and oxygen atoms in total. The van der Waals surface area contributed by atoms with Crippen molar-refractivity contribution in [2.75, 3.05) is 11.1 Å². The number of nitrogens with two attached hydrogens (primary N) is 1. The minimum atomic E-state index is -1.05. The number of nitrogens with zero attached hydrogens (tertiary/aromatic N) is 1. The maximum absolute atomic E-state index is 13.8. The number of carbonyl (C=O) groups is 3. The van der Waals surface area contributed by atoms with Crippen LogP contribution in [0, 0.1) is 6.92 Å². The van der Waals surface area contributed by atoms with Gasteiger partial charge < -0.3 is 26.2 Å². The Morgan fingerprint density at radius 1 is 0.740 bits per heavy atom. The van der Waals surface area contributed by atoms with Crippen LogP contribution in [0.5, 0.6) is 0 Å². The Hall–Kier alpha value is -6.00. The first-order chi connectivity index (χ1) is 24.3. The molecule has 5 aromatic rings. The first kappa shape index (κ1) is 35.3. The third kappa shape index (κ3) is 10.0.